The number of allylic oxidation sites excluding steroid dienone is 1. The Morgan fingerprint density at radius 3 is 2.16 bits per heavy atom. The maximum Gasteiger partial charge on any atom is 0.201 e. The lowest BCUT2D eigenvalue weighted by atomic mass is 9.68. The zero-order valence-corrected chi connectivity index (χ0v) is 20.4. The molecule has 1 aromatic rings. The lowest BCUT2D eigenvalue weighted by Gasteiger charge is -2.38. The van der Waals surface area contributed by atoms with Crippen LogP contribution in [0.1, 0.15) is 122 Å². The van der Waals surface area contributed by atoms with Gasteiger partial charge in [0.25, 0.3) is 0 Å². The molecule has 0 bridgehead atoms. The summed E-state index contributed by atoms with van der Waals surface area (Å²) < 4.78 is 34.9. The molecule has 0 saturated heterocycles. The van der Waals surface area contributed by atoms with Crippen molar-refractivity contribution in [2.75, 3.05) is 0 Å². The smallest absolute Gasteiger partial charge is 0.201 e. The molecule has 2 fully saturated rings. The molecule has 0 amide bonds. The number of hydrogen-bond donors (Lipinski definition) is 0. The Morgan fingerprint density at radius 2 is 1.50 bits per heavy atom. The van der Waals surface area contributed by atoms with Crippen LogP contribution >= 0.6 is 0 Å². The molecular weight excluding hydrogens is 402 g/mol. The van der Waals surface area contributed by atoms with E-state index in [1.54, 1.807) is 12.1 Å². The van der Waals surface area contributed by atoms with Crippen LogP contribution in [0.25, 0.3) is 0 Å². The van der Waals surface area contributed by atoms with Gasteiger partial charge in [0.15, 0.2) is 11.6 Å². The molecule has 1 aromatic carbocycles. The zero-order chi connectivity index (χ0) is 22.8. The molecule has 0 aromatic heterocycles. The highest BCUT2D eigenvalue weighted by atomic mass is 19.2. The van der Waals surface area contributed by atoms with Crippen molar-refractivity contribution in [2.24, 2.45) is 17.8 Å². The summed E-state index contributed by atoms with van der Waals surface area (Å²) >= 11 is 0. The Hall–Kier alpha value is -1.38. The van der Waals surface area contributed by atoms with E-state index in [0.29, 0.717) is 5.56 Å². The van der Waals surface area contributed by atoms with Crippen LogP contribution in [0.2, 0.25) is 0 Å². The van der Waals surface area contributed by atoms with Crippen LogP contribution in [0.15, 0.2) is 24.5 Å². The minimum Gasteiger partial charge on any atom is -0.462 e. The van der Waals surface area contributed by atoms with Crippen LogP contribution in [0, 0.1) is 29.4 Å². The van der Waals surface area contributed by atoms with Gasteiger partial charge in [-0.2, -0.15) is 4.39 Å². The number of unbranched alkanes of at least 4 members (excludes halogenated alkanes) is 4. The third-order valence-electron chi connectivity index (χ3n) is 8.06. The van der Waals surface area contributed by atoms with Crippen molar-refractivity contribution in [3.8, 4) is 5.75 Å². The molecule has 3 heteroatoms. The van der Waals surface area contributed by atoms with Crippen molar-refractivity contribution in [3.05, 3.63) is 41.7 Å². The van der Waals surface area contributed by atoms with Crippen LogP contribution in [-0.4, -0.2) is 0 Å². The number of rotatable bonds is 11. The van der Waals surface area contributed by atoms with Gasteiger partial charge in [-0.1, -0.05) is 64.9 Å². The summed E-state index contributed by atoms with van der Waals surface area (Å²) in [6.45, 7) is 4.48. The number of hydrogen-bond acceptors (Lipinski definition) is 1. The van der Waals surface area contributed by atoms with Crippen molar-refractivity contribution >= 4 is 0 Å². The molecule has 3 rings (SSSR count). The highest BCUT2D eigenvalue weighted by Crippen LogP contribution is 2.45. The van der Waals surface area contributed by atoms with Crippen LogP contribution < -0.4 is 4.74 Å². The number of ether oxygens (including phenoxy) is 1. The van der Waals surface area contributed by atoms with Gasteiger partial charge in [0.2, 0.25) is 5.82 Å². The van der Waals surface area contributed by atoms with Gasteiger partial charge in [-0.15, -0.1) is 0 Å². The van der Waals surface area contributed by atoms with E-state index in [2.05, 4.69) is 13.8 Å². The molecule has 0 atom stereocenters. The highest BCUT2D eigenvalue weighted by molar-refractivity contribution is 5.33. The summed E-state index contributed by atoms with van der Waals surface area (Å²) in [6, 6.07) is 3.36. The summed E-state index contributed by atoms with van der Waals surface area (Å²) in [5.41, 5.74) is 0.545. The van der Waals surface area contributed by atoms with Gasteiger partial charge in [0.05, 0.1) is 6.26 Å². The molecule has 32 heavy (non-hydrogen) atoms. The van der Waals surface area contributed by atoms with Gasteiger partial charge >= 0.3 is 0 Å². The Kier molecular flexibility index (Phi) is 10.5. The topological polar surface area (TPSA) is 9.23 Å². The number of benzene rings is 1. The van der Waals surface area contributed by atoms with E-state index in [1.807, 2.05) is 6.08 Å². The highest BCUT2D eigenvalue weighted by Gasteiger charge is 2.32. The molecule has 2 aliphatic carbocycles. The molecule has 0 spiro atoms. The van der Waals surface area contributed by atoms with E-state index in [9.17, 15) is 8.78 Å². The summed E-state index contributed by atoms with van der Waals surface area (Å²) in [5, 5.41) is 0. The van der Waals surface area contributed by atoms with E-state index >= 15 is 0 Å². The van der Waals surface area contributed by atoms with Crippen LogP contribution in [0.5, 0.6) is 5.75 Å². The van der Waals surface area contributed by atoms with Gasteiger partial charge in [-0.05, 0) is 92.7 Å². The van der Waals surface area contributed by atoms with E-state index in [1.165, 1.54) is 64.0 Å². The standard InChI is InChI=1S/C29H44F2O/c1-3-5-6-7-8-9-21-32-27-20-19-26(28(30)29(27)31)25-17-15-24(16-18-25)23-13-11-22(10-4-2)12-14-23/h9,19-25H,3-8,10-18H2,1-2H3. The summed E-state index contributed by atoms with van der Waals surface area (Å²) in [7, 11) is 0. The minimum atomic E-state index is -0.838. The molecule has 0 aliphatic heterocycles. The molecule has 180 valence electrons. The Balaban J connectivity index is 1.47. The number of halogens is 2. The average molecular weight is 447 g/mol. The predicted molar refractivity (Wildman–Crippen MR) is 130 cm³/mol. The second kappa shape index (κ2) is 13.4. The molecule has 0 heterocycles. The van der Waals surface area contributed by atoms with Crippen LogP contribution in [0.3, 0.4) is 0 Å². The fourth-order valence-electron chi connectivity index (χ4n) is 6.09. The first-order valence-electron chi connectivity index (χ1n) is 13.4. The Bertz CT molecular complexity index is 697. The quantitative estimate of drug-likeness (QED) is 0.243. The fraction of sp³-hybridized carbons (Fsp3) is 0.724. The largest absolute Gasteiger partial charge is 0.462 e. The van der Waals surface area contributed by atoms with Crippen molar-refractivity contribution in [2.45, 2.75) is 116 Å². The van der Waals surface area contributed by atoms with Gasteiger partial charge in [-0.3, -0.25) is 0 Å². The second-order valence-corrected chi connectivity index (χ2v) is 10.3. The Labute approximate surface area is 195 Å². The molecule has 2 aliphatic rings. The van der Waals surface area contributed by atoms with Crippen LogP contribution in [0.4, 0.5) is 8.78 Å². The maximum atomic E-state index is 14.8. The Morgan fingerprint density at radius 1 is 0.812 bits per heavy atom. The van der Waals surface area contributed by atoms with Crippen molar-refractivity contribution in [3.63, 3.8) is 0 Å². The van der Waals surface area contributed by atoms with E-state index < -0.39 is 11.6 Å². The van der Waals surface area contributed by atoms with Gasteiger partial charge in [-0.25, -0.2) is 4.39 Å². The van der Waals surface area contributed by atoms with E-state index in [0.717, 1.165) is 56.3 Å². The summed E-state index contributed by atoms with van der Waals surface area (Å²) in [5.74, 6) is 1.18. The lowest BCUT2D eigenvalue weighted by Crippen LogP contribution is -2.25. The monoisotopic (exact) mass is 446 g/mol. The predicted octanol–water partition coefficient (Wildman–Crippen LogP) is 9.71. The molecule has 0 N–H and O–H groups in total. The zero-order valence-electron chi connectivity index (χ0n) is 20.4. The van der Waals surface area contributed by atoms with Gasteiger partial charge < -0.3 is 4.74 Å². The fourth-order valence-corrected chi connectivity index (χ4v) is 6.09. The first-order valence-corrected chi connectivity index (χ1v) is 13.4. The SMILES string of the molecule is CCCCCCC=COc1ccc(C2CCC(C3CCC(CCC)CC3)CC2)c(F)c1F. The maximum absolute atomic E-state index is 14.8. The van der Waals surface area contributed by atoms with E-state index in [-0.39, 0.29) is 11.7 Å². The van der Waals surface area contributed by atoms with Gasteiger partial charge in [0.1, 0.15) is 0 Å². The summed E-state index contributed by atoms with van der Waals surface area (Å²) in [6.07, 6.45) is 21.6. The summed E-state index contributed by atoms with van der Waals surface area (Å²) in [4.78, 5) is 0. The average Bonchev–Trinajstić information content (AvgIpc) is 2.82. The normalized spacial score (nSPS) is 26.5. The molecule has 1 nitrogen and oxygen atoms in total. The van der Waals surface area contributed by atoms with Crippen molar-refractivity contribution in [1.29, 1.82) is 0 Å². The first kappa shape index (κ1) is 25.2. The molecule has 0 unspecified atom stereocenters. The second-order valence-electron chi connectivity index (χ2n) is 10.3. The molecular formula is C29H44F2O. The third-order valence-corrected chi connectivity index (χ3v) is 8.06. The van der Waals surface area contributed by atoms with Crippen molar-refractivity contribution < 1.29 is 13.5 Å². The van der Waals surface area contributed by atoms with Crippen molar-refractivity contribution in [1.82, 2.24) is 0 Å². The van der Waals surface area contributed by atoms with Gasteiger partial charge in [0, 0.05) is 0 Å². The third kappa shape index (κ3) is 7.06. The molecule has 0 radical (unpaired) electrons. The van der Waals surface area contributed by atoms with E-state index in [4.69, 9.17) is 4.74 Å². The lowest BCUT2D eigenvalue weighted by molar-refractivity contribution is 0.156. The molecule has 2 saturated carbocycles. The first-order chi connectivity index (χ1) is 15.6. The minimum absolute atomic E-state index is 0.00594. The van der Waals surface area contributed by atoms with Crippen LogP contribution in [-0.2, 0) is 0 Å².